The molecule has 2 amide bonds. The van der Waals surface area contributed by atoms with Crippen LogP contribution in [-0.4, -0.2) is 56.8 Å². The van der Waals surface area contributed by atoms with E-state index in [1.54, 1.807) is 12.1 Å². The maximum atomic E-state index is 12.5. The number of nitrogens with one attached hydrogen (secondary N) is 1. The molecule has 1 aromatic carbocycles. The minimum Gasteiger partial charge on any atom is -0.480 e. The van der Waals surface area contributed by atoms with Crippen molar-refractivity contribution in [3.63, 3.8) is 0 Å². The number of thioether (sulfide) groups is 1. The van der Waals surface area contributed by atoms with Gasteiger partial charge in [-0.05, 0) is 18.6 Å². The molecule has 2 aliphatic heterocycles. The Kier molecular flexibility index (Phi) is 4.03. The molecule has 0 unspecified atom stereocenters. The summed E-state index contributed by atoms with van der Waals surface area (Å²) >= 11 is 1.47. The molecule has 0 aliphatic carbocycles. The Morgan fingerprint density at radius 3 is 2.74 bits per heavy atom. The van der Waals surface area contributed by atoms with Gasteiger partial charge in [0.15, 0.2) is 6.04 Å². The van der Waals surface area contributed by atoms with Crippen molar-refractivity contribution in [2.45, 2.75) is 30.5 Å². The van der Waals surface area contributed by atoms with E-state index >= 15 is 0 Å². The van der Waals surface area contributed by atoms with Crippen LogP contribution in [0.1, 0.15) is 28.2 Å². The number of carbonyl (C=O) groups is 3. The van der Waals surface area contributed by atoms with Crippen LogP contribution in [0, 0.1) is 0 Å². The standard InChI is InChI=1S/C15H16N2O5S/c1-7(18)11(15(21)22)16-12(19)10-6-23-14-9-5-3-2-4-8(9)13(20)17(10)14/h2-5,7,10-11,14,18H,6H2,1H3,(H,16,19)(H,21,22)/t7-,10-,11+,14-/m1/s1. The predicted octanol–water partition coefficient (Wildman–Crippen LogP) is 0.207. The molecule has 7 nitrogen and oxygen atoms in total. The summed E-state index contributed by atoms with van der Waals surface area (Å²) in [4.78, 5) is 37.5. The number of hydrogen-bond donors (Lipinski definition) is 3. The number of carbonyl (C=O) groups excluding carboxylic acids is 2. The zero-order valence-electron chi connectivity index (χ0n) is 12.3. The number of hydrogen-bond acceptors (Lipinski definition) is 5. The second-order valence-electron chi connectivity index (χ2n) is 5.57. The number of aliphatic hydroxyl groups excluding tert-OH is 1. The van der Waals surface area contributed by atoms with Gasteiger partial charge < -0.3 is 20.4 Å². The number of benzene rings is 1. The molecule has 4 atom stereocenters. The SMILES string of the molecule is C[C@@H](O)[C@H](NC(=O)[C@H]1CS[C@@H]2c3ccccc3C(=O)N12)C(=O)O. The first-order chi connectivity index (χ1) is 10.9. The molecule has 3 N–H and O–H groups in total. The summed E-state index contributed by atoms with van der Waals surface area (Å²) in [5.41, 5.74) is 1.45. The lowest BCUT2D eigenvalue weighted by Crippen LogP contribution is -2.54. The maximum Gasteiger partial charge on any atom is 0.328 e. The van der Waals surface area contributed by atoms with Crippen LogP contribution in [0.2, 0.25) is 0 Å². The Hall–Kier alpha value is -2.06. The minimum atomic E-state index is -1.40. The lowest BCUT2D eigenvalue weighted by atomic mass is 10.1. The van der Waals surface area contributed by atoms with E-state index in [1.807, 2.05) is 12.1 Å². The Morgan fingerprint density at radius 2 is 2.09 bits per heavy atom. The van der Waals surface area contributed by atoms with E-state index in [2.05, 4.69) is 5.32 Å². The van der Waals surface area contributed by atoms with Crippen LogP contribution >= 0.6 is 11.8 Å². The largest absolute Gasteiger partial charge is 0.480 e. The fourth-order valence-corrected chi connectivity index (χ4v) is 4.35. The van der Waals surface area contributed by atoms with Crippen molar-refractivity contribution in [3.05, 3.63) is 35.4 Å². The number of aliphatic hydroxyl groups is 1. The maximum absolute atomic E-state index is 12.5. The van der Waals surface area contributed by atoms with Crippen molar-refractivity contribution in [2.75, 3.05) is 5.75 Å². The summed E-state index contributed by atoms with van der Waals surface area (Å²) in [6.45, 7) is 1.29. The number of rotatable bonds is 4. The van der Waals surface area contributed by atoms with Gasteiger partial charge in [0.2, 0.25) is 5.91 Å². The molecule has 2 aliphatic rings. The fraction of sp³-hybridized carbons (Fsp3) is 0.400. The first-order valence-electron chi connectivity index (χ1n) is 7.16. The third kappa shape index (κ3) is 2.57. The van der Waals surface area contributed by atoms with E-state index in [0.717, 1.165) is 5.56 Å². The van der Waals surface area contributed by atoms with Gasteiger partial charge in [0.1, 0.15) is 11.4 Å². The molecular weight excluding hydrogens is 320 g/mol. The average Bonchev–Trinajstić information content (AvgIpc) is 3.05. The fourth-order valence-electron chi connectivity index (χ4n) is 2.88. The molecule has 1 fully saturated rings. The molecule has 8 heteroatoms. The zero-order chi connectivity index (χ0) is 16.7. The van der Waals surface area contributed by atoms with E-state index in [9.17, 15) is 19.5 Å². The molecule has 0 spiro atoms. The molecule has 23 heavy (non-hydrogen) atoms. The summed E-state index contributed by atoms with van der Waals surface area (Å²) in [6.07, 6.45) is -1.23. The molecule has 122 valence electrons. The molecule has 2 heterocycles. The first-order valence-corrected chi connectivity index (χ1v) is 8.21. The van der Waals surface area contributed by atoms with Gasteiger partial charge >= 0.3 is 5.97 Å². The highest BCUT2D eigenvalue weighted by atomic mass is 32.2. The number of carboxylic acids is 1. The number of fused-ring (bicyclic) bond motifs is 3. The average molecular weight is 336 g/mol. The molecule has 0 radical (unpaired) electrons. The minimum absolute atomic E-state index is 0.218. The second-order valence-corrected chi connectivity index (χ2v) is 6.68. The van der Waals surface area contributed by atoms with E-state index in [4.69, 9.17) is 5.11 Å². The quantitative estimate of drug-likeness (QED) is 0.725. The second kappa shape index (κ2) is 5.86. The van der Waals surface area contributed by atoms with Gasteiger partial charge in [-0.3, -0.25) is 9.59 Å². The zero-order valence-corrected chi connectivity index (χ0v) is 13.1. The molecule has 0 aromatic heterocycles. The smallest absolute Gasteiger partial charge is 0.328 e. The van der Waals surface area contributed by atoms with E-state index in [1.165, 1.54) is 23.6 Å². The Morgan fingerprint density at radius 1 is 1.39 bits per heavy atom. The highest BCUT2D eigenvalue weighted by Gasteiger charge is 2.48. The number of nitrogens with zero attached hydrogens (tertiary/aromatic N) is 1. The number of aliphatic carboxylic acids is 1. The van der Waals surface area contributed by atoms with E-state index in [-0.39, 0.29) is 11.3 Å². The van der Waals surface area contributed by atoms with Crippen LogP contribution in [0.4, 0.5) is 0 Å². The van der Waals surface area contributed by atoms with Crippen molar-refractivity contribution in [2.24, 2.45) is 0 Å². The summed E-state index contributed by atoms with van der Waals surface area (Å²) in [7, 11) is 0. The van der Waals surface area contributed by atoms with Gasteiger partial charge in [0.25, 0.3) is 5.91 Å². The lowest BCUT2D eigenvalue weighted by Gasteiger charge is -2.25. The molecule has 1 aromatic rings. The van der Waals surface area contributed by atoms with Crippen LogP contribution in [0.15, 0.2) is 24.3 Å². The van der Waals surface area contributed by atoms with Crippen molar-refractivity contribution in [3.8, 4) is 0 Å². The lowest BCUT2D eigenvalue weighted by molar-refractivity contribution is -0.145. The van der Waals surface area contributed by atoms with Crippen LogP contribution in [0.5, 0.6) is 0 Å². The van der Waals surface area contributed by atoms with Gasteiger partial charge in [-0.15, -0.1) is 11.8 Å². The van der Waals surface area contributed by atoms with Crippen LogP contribution < -0.4 is 5.32 Å². The van der Waals surface area contributed by atoms with Crippen molar-refractivity contribution < 1.29 is 24.6 Å². The van der Waals surface area contributed by atoms with Crippen LogP contribution in [0.25, 0.3) is 0 Å². The van der Waals surface area contributed by atoms with E-state index in [0.29, 0.717) is 11.3 Å². The highest BCUT2D eigenvalue weighted by Crippen LogP contribution is 2.48. The van der Waals surface area contributed by atoms with E-state index < -0.39 is 30.1 Å². The summed E-state index contributed by atoms with van der Waals surface area (Å²) in [6, 6.07) is 5.06. The number of carboxylic acid groups (broad SMARTS) is 1. The monoisotopic (exact) mass is 336 g/mol. The molecule has 1 saturated heterocycles. The number of amides is 2. The third-order valence-corrected chi connectivity index (χ3v) is 5.35. The Labute approximate surface area is 136 Å². The van der Waals surface area contributed by atoms with Crippen molar-refractivity contribution >= 4 is 29.5 Å². The van der Waals surface area contributed by atoms with Crippen molar-refractivity contribution in [1.82, 2.24) is 10.2 Å². The first kappa shape index (κ1) is 15.8. The highest BCUT2D eigenvalue weighted by molar-refractivity contribution is 7.99. The van der Waals surface area contributed by atoms with Crippen molar-refractivity contribution in [1.29, 1.82) is 0 Å². The normalized spacial score (nSPS) is 24.8. The van der Waals surface area contributed by atoms with Gasteiger partial charge in [-0.2, -0.15) is 0 Å². The molecule has 0 bridgehead atoms. The van der Waals surface area contributed by atoms with Gasteiger partial charge in [0.05, 0.1) is 6.10 Å². The topological polar surface area (TPSA) is 107 Å². The van der Waals surface area contributed by atoms with Gasteiger partial charge in [-0.1, -0.05) is 18.2 Å². The summed E-state index contributed by atoms with van der Waals surface area (Å²) in [5.74, 6) is -1.70. The molecule has 3 rings (SSSR count). The summed E-state index contributed by atoms with van der Waals surface area (Å²) in [5, 5.41) is 20.6. The summed E-state index contributed by atoms with van der Waals surface area (Å²) < 4.78 is 0. The Bertz CT molecular complexity index is 678. The van der Waals surface area contributed by atoms with Gasteiger partial charge in [0, 0.05) is 11.3 Å². The van der Waals surface area contributed by atoms with Gasteiger partial charge in [-0.25, -0.2) is 4.79 Å². The molecular formula is C15H16N2O5S. The van der Waals surface area contributed by atoms with Crippen LogP contribution in [0.3, 0.4) is 0 Å². The third-order valence-electron chi connectivity index (χ3n) is 4.04. The molecule has 0 saturated carbocycles. The predicted molar refractivity (Wildman–Crippen MR) is 82.8 cm³/mol. The van der Waals surface area contributed by atoms with Crippen LogP contribution in [-0.2, 0) is 9.59 Å². The Balaban J connectivity index is 1.80.